The monoisotopic (exact) mass is 233 g/mol. The van der Waals surface area contributed by atoms with Crippen LogP contribution in [0.25, 0.3) is 0 Å². The van der Waals surface area contributed by atoms with Gasteiger partial charge >= 0.3 is 0 Å². The molecular formula is C11H23NO2S. The van der Waals surface area contributed by atoms with E-state index >= 15 is 0 Å². The Kier molecular flexibility index (Phi) is 6.64. The van der Waals surface area contributed by atoms with Gasteiger partial charge in [0.05, 0.1) is 0 Å². The quantitative estimate of drug-likeness (QED) is 0.680. The van der Waals surface area contributed by atoms with Crippen molar-refractivity contribution in [3.05, 3.63) is 0 Å². The second-order valence-electron chi connectivity index (χ2n) is 3.84. The zero-order valence-electron chi connectivity index (χ0n) is 9.99. The number of hydrogen-bond acceptors (Lipinski definition) is 4. The lowest BCUT2D eigenvalue weighted by atomic mass is 10.2. The summed E-state index contributed by atoms with van der Waals surface area (Å²) in [6.45, 7) is 3.02. The molecule has 0 aromatic heterocycles. The Labute approximate surface area is 97.3 Å². The Morgan fingerprint density at radius 1 is 1.33 bits per heavy atom. The maximum absolute atomic E-state index is 5.16. The summed E-state index contributed by atoms with van der Waals surface area (Å²) in [5.41, 5.74) is 0. The molecule has 0 spiro atoms. The van der Waals surface area contributed by atoms with Gasteiger partial charge in [0.15, 0.2) is 6.29 Å². The molecule has 0 radical (unpaired) electrons. The first-order valence-corrected chi connectivity index (χ1v) is 6.77. The Balaban J connectivity index is 2.24. The summed E-state index contributed by atoms with van der Waals surface area (Å²) in [6, 6.07) is 0.641. The number of methoxy groups -OCH3 is 2. The molecule has 2 atom stereocenters. The molecule has 4 heteroatoms. The lowest BCUT2D eigenvalue weighted by Gasteiger charge is -2.22. The van der Waals surface area contributed by atoms with E-state index in [0.29, 0.717) is 6.04 Å². The van der Waals surface area contributed by atoms with Gasteiger partial charge in [-0.1, -0.05) is 13.3 Å². The molecule has 0 saturated heterocycles. The molecule has 3 nitrogen and oxygen atoms in total. The molecule has 1 N–H and O–H groups in total. The lowest BCUT2D eigenvalue weighted by molar-refractivity contribution is -0.0997. The van der Waals surface area contributed by atoms with Crippen molar-refractivity contribution < 1.29 is 9.47 Å². The highest BCUT2D eigenvalue weighted by Gasteiger charge is 2.27. The van der Waals surface area contributed by atoms with Gasteiger partial charge in [0.25, 0.3) is 0 Å². The SMILES string of the molecule is CCSC1CCCC1NCC(OC)OC. The Morgan fingerprint density at radius 2 is 2.07 bits per heavy atom. The molecule has 15 heavy (non-hydrogen) atoms. The fraction of sp³-hybridized carbons (Fsp3) is 1.00. The maximum atomic E-state index is 5.16. The third kappa shape index (κ3) is 4.31. The van der Waals surface area contributed by atoms with E-state index in [4.69, 9.17) is 9.47 Å². The summed E-state index contributed by atoms with van der Waals surface area (Å²) in [5, 5.41) is 4.33. The molecule has 1 aliphatic rings. The minimum Gasteiger partial charge on any atom is -0.355 e. The van der Waals surface area contributed by atoms with E-state index in [2.05, 4.69) is 24.0 Å². The average Bonchev–Trinajstić information content (AvgIpc) is 2.68. The van der Waals surface area contributed by atoms with Gasteiger partial charge in [-0.15, -0.1) is 0 Å². The van der Waals surface area contributed by atoms with E-state index < -0.39 is 0 Å². The Hall–Kier alpha value is 0.230. The zero-order chi connectivity index (χ0) is 11.1. The van der Waals surface area contributed by atoms with Crippen LogP contribution in [-0.2, 0) is 9.47 Å². The van der Waals surface area contributed by atoms with Crippen molar-refractivity contribution in [2.75, 3.05) is 26.5 Å². The van der Waals surface area contributed by atoms with Crippen LogP contribution in [0.2, 0.25) is 0 Å². The molecule has 0 heterocycles. The standard InChI is InChI=1S/C11H23NO2S/c1-4-15-10-7-5-6-9(10)12-8-11(13-2)14-3/h9-12H,4-8H2,1-3H3. The van der Waals surface area contributed by atoms with E-state index in [-0.39, 0.29) is 6.29 Å². The van der Waals surface area contributed by atoms with Crippen LogP contribution < -0.4 is 5.32 Å². The third-order valence-electron chi connectivity index (χ3n) is 2.91. The van der Waals surface area contributed by atoms with Crippen molar-refractivity contribution >= 4 is 11.8 Å². The zero-order valence-corrected chi connectivity index (χ0v) is 10.8. The highest BCUT2D eigenvalue weighted by atomic mass is 32.2. The van der Waals surface area contributed by atoms with Crippen LogP contribution in [-0.4, -0.2) is 44.1 Å². The topological polar surface area (TPSA) is 30.5 Å². The number of ether oxygens (including phenoxy) is 2. The predicted molar refractivity (Wildman–Crippen MR) is 65.4 cm³/mol. The van der Waals surface area contributed by atoms with Gasteiger partial charge < -0.3 is 14.8 Å². The third-order valence-corrected chi connectivity index (χ3v) is 4.23. The van der Waals surface area contributed by atoms with Crippen LogP contribution in [0.1, 0.15) is 26.2 Å². The highest BCUT2D eigenvalue weighted by molar-refractivity contribution is 7.99. The normalized spacial score (nSPS) is 26.4. The number of thioether (sulfide) groups is 1. The minimum atomic E-state index is -0.113. The summed E-state index contributed by atoms with van der Waals surface area (Å²) in [4.78, 5) is 0. The summed E-state index contributed by atoms with van der Waals surface area (Å²) >= 11 is 2.07. The Morgan fingerprint density at radius 3 is 2.67 bits per heavy atom. The van der Waals surface area contributed by atoms with Crippen LogP contribution in [0, 0.1) is 0 Å². The van der Waals surface area contributed by atoms with Crippen molar-refractivity contribution in [1.82, 2.24) is 5.32 Å². The van der Waals surface area contributed by atoms with Crippen molar-refractivity contribution in [1.29, 1.82) is 0 Å². The molecule has 0 aromatic carbocycles. The molecule has 1 aliphatic carbocycles. The molecular weight excluding hydrogens is 210 g/mol. The second kappa shape index (κ2) is 7.49. The molecule has 1 saturated carbocycles. The summed E-state index contributed by atoms with van der Waals surface area (Å²) in [5.74, 6) is 1.21. The minimum absolute atomic E-state index is 0.113. The molecule has 1 fully saturated rings. The first-order valence-electron chi connectivity index (χ1n) is 5.72. The molecule has 1 rings (SSSR count). The van der Waals surface area contributed by atoms with Gasteiger partial charge in [-0.2, -0.15) is 11.8 Å². The van der Waals surface area contributed by atoms with Crippen LogP contribution in [0.15, 0.2) is 0 Å². The fourth-order valence-electron chi connectivity index (χ4n) is 2.08. The first kappa shape index (κ1) is 13.3. The predicted octanol–water partition coefficient (Wildman–Crippen LogP) is 1.87. The molecule has 0 aromatic rings. The van der Waals surface area contributed by atoms with E-state index in [1.54, 1.807) is 14.2 Å². The van der Waals surface area contributed by atoms with Gasteiger partial charge in [0.1, 0.15) is 0 Å². The second-order valence-corrected chi connectivity index (χ2v) is 5.36. The smallest absolute Gasteiger partial charge is 0.169 e. The van der Waals surface area contributed by atoms with E-state index in [9.17, 15) is 0 Å². The van der Waals surface area contributed by atoms with Crippen LogP contribution in [0.5, 0.6) is 0 Å². The number of nitrogens with one attached hydrogen (secondary N) is 1. The van der Waals surface area contributed by atoms with E-state index in [1.807, 2.05) is 0 Å². The van der Waals surface area contributed by atoms with Crippen molar-refractivity contribution in [3.63, 3.8) is 0 Å². The van der Waals surface area contributed by atoms with Gasteiger partial charge in [-0.3, -0.25) is 0 Å². The lowest BCUT2D eigenvalue weighted by Crippen LogP contribution is -2.40. The largest absolute Gasteiger partial charge is 0.355 e. The molecule has 2 unspecified atom stereocenters. The summed E-state index contributed by atoms with van der Waals surface area (Å²) in [6.07, 6.45) is 3.87. The van der Waals surface area contributed by atoms with Crippen molar-refractivity contribution in [3.8, 4) is 0 Å². The van der Waals surface area contributed by atoms with Crippen LogP contribution in [0.3, 0.4) is 0 Å². The van der Waals surface area contributed by atoms with Gasteiger partial charge in [0, 0.05) is 32.1 Å². The van der Waals surface area contributed by atoms with E-state index in [1.165, 1.54) is 25.0 Å². The van der Waals surface area contributed by atoms with Crippen LogP contribution >= 0.6 is 11.8 Å². The summed E-state index contributed by atoms with van der Waals surface area (Å²) < 4.78 is 10.3. The first-order chi connectivity index (χ1) is 7.31. The molecule has 90 valence electrons. The van der Waals surface area contributed by atoms with Crippen molar-refractivity contribution in [2.45, 2.75) is 43.8 Å². The molecule has 0 bridgehead atoms. The van der Waals surface area contributed by atoms with Crippen molar-refractivity contribution in [2.24, 2.45) is 0 Å². The van der Waals surface area contributed by atoms with Gasteiger partial charge in [-0.25, -0.2) is 0 Å². The average molecular weight is 233 g/mol. The van der Waals surface area contributed by atoms with E-state index in [0.717, 1.165) is 11.8 Å². The van der Waals surface area contributed by atoms with Gasteiger partial charge in [-0.05, 0) is 18.6 Å². The van der Waals surface area contributed by atoms with Gasteiger partial charge in [0.2, 0.25) is 0 Å². The van der Waals surface area contributed by atoms with Crippen LogP contribution in [0.4, 0.5) is 0 Å². The molecule has 0 aliphatic heterocycles. The Bertz CT molecular complexity index is 165. The summed E-state index contributed by atoms with van der Waals surface area (Å²) in [7, 11) is 3.37. The highest BCUT2D eigenvalue weighted by Crippen LogP contribution is 2.29. The number of hydrogen-bond donors (Lipinski definition) is 1. The fourth-order valence-corrected chi connectivity index (χ4v) is 3.31. The molecule has 0 amide bonds. The maximum Gasteiger partial charge on any atom is 0.169 e. The number of rotatable bonds is 7.